The number of carbonyl (C=O) groups is 1. The summed E-state index contributed by atoms with van der Waals surface area (Å²) in [5.74, 6) is 0.809. The number of hydrogen-bond donors (Lipinski definition) is 1. The summed E-state index contributed by atoms with van der Waals surface area (Å²) in [6.45, 7) is 7.15. The van der Waals surface area contributed by atoms with E-state index in [1.165, 1.54) is 0 Å². The zero-order valence-electron chi connectivity index (χ0n) is 10.6. The number of nitrogens with one attached hydrogen (secondary N) is 1. The molecule has 0 aromatic rings. The van der Waals surface area contributed by atoms with Crippen LogP contribution in [0.15, 0.2) is 16.3 Å². The SMILES string of the molecule is CC(C)CNCC1=NC2=C(COCC2)C(=O)C1. The molecule has 2 rings (SSSR count). The molecule has 0 saturated heterocycles. The third-order valence-electron chi connectivity index (χ3n) is 2.95. The molecule has 94 valence electrons. The second-order valence-corrected chi connectivity index (χ2v) is 5.03. The van der Waals surface area contributed by atoms with E-state index in [0.29, 0.717) is 25.6 Å². The zero-order chi connectivity index (χ0) is 12.3. The third kappa shape index (κ3) is 3.23. The Morgan fingerprint density at radius 1 is 1.47 bits per heavy atom. The van der Waals surface area contributed by atoms with Crippen LogP contribution in [-0.2, 0) is 9.53 Å². The van der Waals surface area contributed by atoms with Crippen LogP contribution in [0.5, 0.6) is 0 Å². The fraction of sp³-hybridized carbons (Fsp3) is 0.692. The number of rotatable bonds is 4. The average molecular weight is 236 g/mol. The van der Waals surface area contributed by atoms with Crippen molar-refractivity contribution in [3.8, 4) is 0 Å². The van der Waals surface area contributed by atoms with E-state index >= 15 is 0 Å². The van der Waals surface area contributed by atoms with Gasteiger partial charge in [-0.1, -0.05) is 13.8 Å². The average Bonchev–Trinajstić information content (AvgIpc) is 2.28. The predicted molar refractivity (Wildman–Crippen MR) is 67.2 cm³/mol. The van der Waals surface area contributed by atoms with Crippen molar-refractivity contribution in [1.82, 2.24) is 5.32 Å². The van der Waals surface area contributed by atoms with Gasteiger partial charge in [0.05, 0.1) is 25.3 Å². The van der Waals surface area contributed by atoms with Crippen molar-refractivity contribution in [2.45, 2.75) is 26.7 Å². The molecule has 0 aromatic heterocycles. The van der Waals surface area contributed by atoms with Gasteiger partial charge in [0.25, 0.3) is 0 Å². The number of ketones is 1. The molecule has 0 saturated carbocycles. The van der Waals surface area contributed by atoms with Gasteiger partial charge in [-0.15, -0.1) is 0 Å². The van der Waals surface area contributed by atoms with E-state index in [1.807, 2.05) is 0 Å². The van der Waals surface area contributed by atoms with E-state index in [2.05, 4.69) is 24.2 Å². The molecule has 0 bridgehead atoms. The van der Waals surface area contributed by atoms with Crippen LogP contribution in [-0.4, -0.2) is 37.8 Å². The minimum Gasteiger partial charge on any atom is -0.376 e. The van der Waals surface area contributed by atoms with Crippen LogP contribution < -0.4 is 5.32 Å². The number of ether oxygens (including phenoxy) is 1. The maximum absolute atomic E-state index is 11.9. The summed E-state index contributed by atoms with van der Waals surface area (Å²) >= 11 is 0. The van der Waals surface area contributed by atoms with Gasteiger partial charge in [-0.2, -0.15) is 0 Å². The van der Waals surface area contributed by atoms with Crippen LogP contribution in [0, 0.1) is 5.92 Å². The van der Waals surface area contributed by atoms with Crippen LogP contribution in [0.3, 0.4) is 0 Å². The number of nitrogens with zero attached hydrogens (tertiary/aromatic N) is 1. The molecule has 0 radical (unpaired) electrons. The highest BCUT2D eigenvalue weighted by Crippen LogP contribution is 2.23. The normalized spacial score (nSPS) is 20.6. The van der Waals surface area contributed by atoms with Gasteiger partial charge in [-0.3, -0.25) is 9.79 Å². The smallest absolute Gasteiger partial charge is 0.168 e. The molecule has 2 aliphatic rings. The van der Waals surface area contributed by atoms with Crippen molar-refractivity contribution in [1.29, 1.82) is 0 Å². The van der Waals surface area contributed by atoms with Gasteiger partial charge < -0.3 is 10.1 Å². The Hall–Kier alpha value is -1.00. The van der Waals surface area contributed by atoms with Crippen LogP contribution in [0.1, 0.15) is 26.7 Å². The van der Waals surface area contributed by atoms with Crippen molar-refractivity contribution in [2.75, 3.05) is 26.3 Å². The molecule has 2 heterocycles. The summed E-state index contributed by atoms with van der Waals surface area (Å²) < 4.78 is 5.29. The van der Waals surface area contributed by atoms with Crippen molar-refractivity contribution >= 4 is 11.5 Å². The first kappa shape index (κ1) is 12.5. The minimum absolute atomic E-state index is 0.191. The molecule has 0 aromatic carbocycles. The van der Waals surface area contributed by atoms with E-state index in [1.54, 1.807) is 0 Å². The summed E-state index contributed by atoms with van der Waals surface area (Å²) in [6.07, 6.45) is 1.22. The number of hydrogen-bond acceptors (Lipinski definition) is 4. The van der Waals surface area contributed by atoms with Crippen LogP contribution in [0.2, 0.25) is 0 Å². The Morgan fingerprint density at radius 2 is 2.29 bits per heavy atom. The first-order valence-corrected chi connectivity index (χ1v) is 6.27. The third-order valence-corrected chi connectivity index (χ3v) is 2.95. The number of Topliss-reactive ketones (excluding diaryl/α,β-unsaturated/α-hetero) is 1. The second-order valence-electron chi connectivity index (χ2n) is 5.03. The van der Waals surface area contributed by atoms with Crippen molar-refractivity contribution in [2.24, 2.45) is 10.9 Å². The highest BCUT2D eigenvalue weighted by molar-refractivity contribution is 6.13. The van der Waals surface area contributed by atoms with Crippen molar-refractivity contribution in [3.05, 3.63) is 11.3 Å². The van der Waals surface area contributed by atoms with Gasteiger partial charge in [0.15, 0.2) is 5.78 Å². The molecule has 4 heteroatoms. The van der Waals surface area contributed by atoms with Gasteiger partial charge in [0.2, 0.25) is 0 Å². The Bertz CT molecular complexity index is 370. The summed E-state index contributed by atoms with van der Waals surface area (Å²) in [5, 5.41) is 3.33. The van der Waals surface area contributed by atoms with Gasteiger partial charge in [-0.25, -0.2) is 0 Å². The molecule has 0 spiro atoms. The Labute approximate surface area is 102 Å². The summed E-state index contributed by atoms with van der Waals surface area (Å²) in [7, 11) is 0. The lowest BCUT2D eigenvalue weighted by Crippen LogP contribution is -2.32. The monoisotopic (exact) mass is 236 g/mol. The van der Waals surface area contributed by atoms with Crippen molar-refractivity contribution in [3.63, 3.8) is 0 Å². The molecule has 0 fully saturated rings. The first-order valence-electron chi connectivity index (χ1n) is 6.27. The quantitative estimate of drug-likeness (QED) is 0.801. The Morgan fingerprint density at radius 3 is 3.06 bits per heavy atom. The maximum Gasteiger partial charge on any atom is 0.168 e. The lowest BCUT2D eigenvalue weighted by molar-refractivity contribution is -0.115. The standard InChI is InChI=1S/C13H20N2O2/c1-9(2)6-14-7-10-5-13(16)11-8-17-4-3-12(11)15-10/h9,14H,3-8H2,1-2H3. The van der Waals surface area contributed by atoms with Crippen LogP contribution >= 0.6 is 0 Å². The van der Waals surface area contributed by atoms with E-state index in [9.17, 15) is 4.79 Å². The first-order chi connectivity index (χ1) is 8.16. The molecule has 2 aliphatic heterocycles. The fourth-order valence-electron chi connectivity index (χ4n) is 2.07. The summed E-state index contributed by atoms with van der Waals surface area (Å²) in [5.41, 5.74) is 2.72. The lowest BCUT2D eigenvalue weighted by Gasteiger charge is -2.22. The van der Waals surface area contributed by atoms with Crippen LogP contribution in [0.25, 0.3) is 0 Å². The van der Waals surface area contributed by atoms with E-state index in [0.717, 1.165) is 36.5 Å². The lowest BCUT2D eigenvalue weighted by atomic mass is 9.98. The number of aliphatic imine (C=N–C) groups is 1. The summed E-state index contributed by atoms with van der Waals surface area (Å²) in [4.78, 5) is 16.5. The van der Waals surface area contributed by atoms with E-state index in [4.69, 9.17) is 4.74 Å². The van der Waals surface area contributed by atoms with Gasteiger partial charge in [0, 0.05) is 24.3 Å². The molecular weight excluding hydrogens is 216 g/mol. The van der Waals surface area contributed by atoms with E-state index < -0.39 is 0 Å². The largest absolute Gasteiger partial charge is 0.376 e. The fourth-order valence-corrected chi connectivity index (χ4v) is 2.07. The van der Waals surface area contributed by atoms with Crippen molar-refractivity contribution < 1.29 is 9.53 Å². The summed E-state index contributed by atoms with van der Waals surface area (Å²) in [6, 6.07) is 0. The maximum atomic E-state index is 11.9. The van der Waals surface area contributed by atoms with Gasteiger partial charge in [-0.05, 0) is 12.5 Å². The topological polar surface area (TPSA) is 50.7 Å². The molecule has 4 nitrogen and oxygen atoms in total. The second kappa shape index (κ2) is 5.56. The molecule has 1 N–H and O–H groups in total. The minimum atomic E-state index is 0.191. The van der Waals surface area contributed by atoms with Gasteiger partial charge >= 0.3 is 0 Å². The van der Waals surface area contributed by atoms with Gasteiger partial charge in [0.1, 0.15) is 0 Å². The predicted octanol–water partition coefficient (Wildman–Crippen LogP) is 1.32. The highest BCUT2D eigenvalue weighted by Gasteiger charge is 2.25. The molecular formula is C13H20N2O2. The van der Waals surface area contributed by atoms with Crippen LogP contribution in [0.4, 0.5) is 0 Å². The Kier molecular flexibility index (Phi) is 4.07. The highest BCUT2D eigenvalue weighted by atomic mass is 16.5. The molecule has 0 aliphatic carbocycles. The molecule has 0 unspecified atom stereocenters. The zero-order valence-corrected chi connectivity index (χ0v) is 10.6. The molecule has 0 atom stereocenters. The number of carbonyl (C=O) groups excluding carboxylic acids is 1. The molecule has 17 heavy (non-hydrogen) atoms. The van der Waals surface area contributed by atoms with E-state index in [-0.39, 0.29) is 5.78 Å². The Balaban J connectivity index is 1.98. The molecule has 0 amide bonds.